The Morgan fingerprint density at radius 3 is 2.75 bits per heavy atom. The maximum absolute atomic E-state index is 10.9. The second kappa shape index (κ2) is 5.01. The minimum Gasteiger partial charge on any atom is -0.434 e. The van der Waals surface area contributed by atoms with Crippen LogP contribution in [0.4, 0.5) is 4.79 Å². The largest absolute Gasteiger partial charge is 0.508 e. The van der Waals surface area contributed by atoms with Crippen LogP contribution in [-0.4, -0.2) is 18.9 Å². The highest BCUT2D eigenvalue weighted by molar-refractivity contribution is 5.60. The van der Waals surface area contributed by atoms with Crippen LogP contribution < -0.4 is 0 Å². The molecule has 0 aliphatic heterocycles. The van der Waals surface area contributed by atoms with Gasteiger partial charge >= 0.3 is 6.16 Å². The summed E-state index contributed by atoms with van der Waals surface area (Å²) in [5.74, 6) is 0. The lowest BCUT2D eigenvalue weighted by Gasteiger charge is -2.10. The van der Waals surface area contributed by atoms with Gasteiger partial charge in [0, 0.05) is 0 Å². The Morgan fingerprint density at radius 1 is 1.50 bits per heavy atom. The molecule has 0 aromatic rings. The van der Waals surface area contributed by atoms with E-state index in [-0.39, 0.29) is 6.10 Å². The molecule has 1 aliphatic rings. The van der Waals surface area contributed by atoms with Crippen molar-refractivity contribution in [3.63, 3.8) is 0 Å². The molecule has 1 saturated carbocycles. The smallest absolute Gasteiger partial charge is 0.434 e. The van der Waals surface area contributed by atoms with Crippen molar-refractivity contribution in [3.8, 4) is 0 Å². The molecule has 0 amide bonds. The van der Waals surface area contributed by atoms with Crippen molar-refractivity contribution in [3.05, 3.63) is 6.42 Å². The molecule has 0 bridgehead atoms. The molecule has 0 N–H and O–H groups in total. The van der Waals surface area contributed by atoms with E-state index < -0.39 is 6.16 Å². The topological polar surface area (TPSA) is 35.5 Å². The maximum Gasteiger partial charge on any atom is 0.508 e. The van der Waals surface area contributed by atoms with E-state index in [4.69, 9.17) is 9.47 Å². The van der Waals surface area contributed by atoms with Gasteiger partial charge in [0.1, 0.15) is 6.10 Å². The first kappa shape index (κ1) is 9.36. The van der Waals surface area contributed by atoms with E-state index in [2.05, 4.69) is 0 Å². The van der Waals surface area contributed by atoms with E-state index in [0.29, 0.717) is 6.61 Å². The summed E-state index contributed by atoms with van der Waals surface area (Å²) in [6.45, 7) is 2.18. The Labute approximate surface area is 73.0 Å². The maximum atomic E-state index is 10.9. The number of carbonyl (C=O) groups excluding carboxylic acids is 1. The van der Waals surface area contributed by atoms with Crippen molar-refractivity contribution >= 4 is 6.16 Å². The highest BCUT2D eigenvalue weighted by Crippen LogP contribution is 2.21. The standard InChI is InChI=1S/C9H15O3/c1-2-7-11-9(10)12-8-5-3-4-6-8/h2,8H,3-7H2,1H3. The molecule has 0 unspecified atom stereocenters. The van der Waals surface area contributed by atoms with E-state index >= 15 is 0 Å². The molecule has 1 fully saturated rings. The van der Waals surface area contributed by atoms with Crippen molar-refractivity contribution in [2.45, 2.75) is 38.7 Å². The van der Waals surface area contributed by atoms with E-state index in [1.54, 1.807) is 6.42 Å². The summed E-state index contributed by atoms with van der Waals surface area (Å²) in [6.07, 6.45) is 5.66. The predicted molar refractivity (Wildman–Crippen MR) is 44.7 cm³/mol. The molecule has 3 nitrogen and oxygen atoms in total. The Kier molecular flexibility index (Phi) is 3.91. The summed E-state index contributed by atoms with van der Waals surface area (Å²) in [7, 11) is 0. The minimum absolute atomic E-state index is 0.106. The molecule has 1 radical (unpaired) electrons. The number of hydrogen-bond donors (Lipinski definition) is 0. The van der Waals surface area contributed by atoms with Gasteiger partial charge in [-0.1, -0.05) is 6.92 Å². The normalized spacial score (nSPS) is 17.8. The van der Waals surface area contributed by atoms with Crippen molar-refractivity contribution in [1.82, 2.24) is 0 Å². The van der Waals surface area contributed by atoms with Gasteiger partial charge in [-0.3, -0.25) is 0 Å². The summed E-state index contributed by atoms with van der Waals surface area (Å²) in [4.78, 5) is 10.9. The minimum atomic E-state index is -0.528. The Balaban J connectivity index is 2.08. The summed E-state index contributed by atoms with van der Waals surface area (Å²) < 4.78 is 9.77. The van der Waals surface area contributed by atoms with Crippen molar-refractivity contribution < 1.29 is 14.3 Å². The molecule has 0 aromatic carbocycles. The highest BCUT2D eigenvalue weighted by atomic mass is 16.7. The molecule has 1 aliphatic carbocycles. The molecular formula is C9H15O3. The number of carbonyl (C=O) groups is 1. The van der Waals surface area contributed by atoms with Crippen LogP contribution in [0.2, 0.25) is 0 Å². The van der Waals surface area contributed by atoms with Crippen LogP contribution >= 0.6 is 0 Å². The first-order valence-corrected chi connectivity index (χ1v) is 4.44. The summed E-state index contributed by atoms with van der Waals surface area (Å²) in [6, 6.07) is 0. The zero-order valence-corrected chi connectivity index (χ0v) is 7.41. The van der Waals surface area contributed by atoms with Crippen molar-refractivity contribution in [2.24, 2.45) is 0 Å². The zero-order valence-electron chi connectivity index (χ0n) is 7.41. The lowest BCUT2D eigenvalue weighted by Crippen LogP contribution is -2.16. The van der Waals surface area contributed by atoms with Crippen LogP contribution in [0.15, 0.2) is 0 Å². The van der Waals surface area contributed by atoms with Crippen LogP contribution in [0.1, 0.15) is 32.6 Å². The molecule has 0 spiro atoms. The molecule has 12 heavy (non-hydrogen) atoms. The monoisotopic (exact) mass is 171 g/mol. The van der Waals surface area contributed by atoms with Gasteiger partial charge in [-0.25, -0.2) is 4.79 Å². The fraction of sp³-hybridized carbons (Fsp3) is 0.778. The molecule has 3 heteroatoms. The Morgan fingerprint density at radius 2 is 2.17 bits per heavy atom. The second-order valence-electron chi connectivity index (χ2n) is 2.99. The van der Waals surface area contributed by atoms with Gasteiger partial charge in [-0.05, 0) is 32.1 Å². The van der Waals surface area contributed by atoms with E-state index in [1.807, 2.05) is 6.92 Å². The third-order valence-electron chi connectivity index (χ3n) is 1.93. The van der Waals surface area contributed by atoms with E-state index in [9.17, 15) is 4.79 Å². The lowest BCUT2D eigenvalue weighted by molar-refractivity contribution is 0.0302. The fourth-order valence-corrected chi connectivity index (χ4v) is 1.33. The lowest BCUT2D eigenvalue weighted by atomic mass is 10.3. The average Bonchev–Trinajstić information content (AvgIpc) is 2.53. The first-order valence-electron chi connectivity index (χ1n) is 4.44. The van der Waals surface area contributed by atoms with Gasteiger partial charge in [0.15, 0.2) is 0 Å². The SMILES string of the molecule is C[CH]COC(=O)OC1CCCC1. The molecule has 0 atom stereocenters. The molecule has 0 heterocycles. The number of hydrogen-bond acceptors (Lipinski definition) is 3. The van der Waals surface area contributed by atoms with Gasteiger partial charge in [-0.15, -0.1) is 0 Å². The van der Waals surface area contributed by atoms with Gasteiger partial charge in [0.25, 0.3) is 0 Å². The number of ether oxygens (including phenoxy) is 2. The van der Waals surface area contributed by atoms with Crippen molar-refractivity contribution in [2.75, 3.05) is 6.61 Å². The van der Waals surface area contributed by atoms with E-state index in [1.165, 1.54) is 0 Å². The molecule has 0 aromatic heterocycles. The van der Waals surface area contributed by atoms with Gasteiger partial charge in [-0.2, -0.15) is 0 Å². The van der Waals surface area contributed by atoms with Gasteiger partial charge in [0.05, 0.1) is 6.61 Å². The first-order chi connectivity index (χ1) is 5.83. The highest BCUT2D eigenvalue weighted by Gasteiger charge is 2.19. The van der Waals surface area contributed by atoms with Gasteiger partial charge in [0.2, 0.25) is 0 Å². The van der Waals surface area contributed by atoms with Crippen LogP contribution in [0.3, 0.4) is 0 Å². The van der Waals surface area contributed by atoms with Crippen LogP contribution in [0.25, 0.3) is 0 Å². The molecular weight excluding hydrogens is 156 g/mol. The third-order valence-corrected chi connectivity index (χ3v) is 1.93. The second-order valence-corrected chi connectivity index (χ2v) is 2.99. The predicted octanol–water partition coefficient (Wildman–Crippen LogP) is 2.31. The summed E-state index contributed by atoms with van der Waals surface area (Å²) in [5.41, 5.74) is 0. The molecule has 0 saturated heterocycles. The van der Waals surface area contributed by atoms with Crippen LogP contribution in [-0.2, 0) is 9.47 Å². The average molecular weight is 171 g/mol. The quantitative estimate of drug-likeness (QED) is 0.611. The zero-order chi connectivity index (χ0) is 8.81. The molecule has 69 valence electrons. The third kappa shape index (κ3) is 3.11. The van der Waals surface area contributed by atoms with Crippen LogP contribution in [0.5, 0.6) is 0 Å². The van der Waals surface area contributed by atoms with Crippen LogP contribution in [0, 0.1) is 6.42 Å². The van der Waals surface area contributed by atoms with E-state index in [0.717, 1.165) is 25.7 Å². The summed E-state index contributed by atoms with van der Waals surface area (Å²) in [5, 5.41) is 0. The summed E-state index contributed by atoms with van der Waals surface area (Å²) >= 11 is 0. The Bertz CT molecular complexity index is 139. The van der Waals surface area contributed by atoms with Gasteiger partial charge < -0.3 is 9.47 Å². The number of rotatable bonds is 3. The molecule has 1 rings (SSSR count). The Hall–Kier alpha value is -0.730. The fourth-order valence-electron chi connectivity index (χ4n) is 1.33. The van der Waals surface area contributed by atoms with Crippen molar-refractivity contribution in [1.29, 1.82) is 0 Å².